The standard InChI is InChI=1S/C19H19N3O2/c20-6-2-8-22(9-3-7-21)19(23)12-16-13-24-18-11-15-5-1-4-14(15)10-17(16)18/h10-11,13H,1-5,8-9,12H2. The van der Waals surface area contributed by atoms with E-state index in [9.17, 15) is 4.79 Å². The highest BCUT2D eigenvalue weighted by molar-refractivity contribution is 5.88. The second kappa shape index (κ2) is 7.19. The van der Waals surface area contributed by atoms with Gasteiger partial charge in [-0.2, -0.15) is 10.5 Å². The number of rotatable bonds is 6. The third kappa shape index (κ3) is 3.26. The van der Waals surface area contributed by atoms with Gasteiger partial charge < -0.3 is 9.32 Å². The van der Waals surface area contributed by atoms with E-state index in [0.717, 1.165) is 29.4 Å². The van der Waals surface area contributed by atoms with Crippen LogP contribution in [0, 0.1) is 22.7 Å². The van der Waals surface area contributed by atoms with Crippen molar-refractivity contribution < 1.29 is 9.21 Å². The van der Waals surface area contributed by atoms with Crippen LogP contribution in [0.2, 0.25) is 0 Å². The zero-order chi connectivity index (χ0) is 16.9. The van der Waals surface area contributed by atoms with Gasteiger partial charge in [0, 0.05) is 24.0 Å². The highest BCUT2D eigenvalue weighted by Crippen LogP contribution is 2.30. The summed E-state index contributed by atoms with van der Waals surface area (Å²) in [6, 6.07) is 8.35. The minimum Gasteiger partial charge on any atom is -0.464 e. The molecule has 24 heavy (non-hydrogen) atoms. The summed E-state index contributed by atoms with van der Waals surface area (Å²) < 4.78 is 5.64. The van der Waals surface area contributed by atoms with Gasteiger partial charge in [-0.3, -0.25) is 4.79 Å². The Bertz CT molecular complexity index is 821. The van der Waals surface area contributed by atoms with Crippen molar-refractivity contribution in [3.63, 3.8) is 0 Å². The molecule has 0 bridgehead atoms. The van der Waals surface area contributed by atoms with Crippen molar-refractivity contribution in [3.05, 3.63) is 35.1 Å². The van der Waals surface area contributed by atoms with Crippen LogP contribution in [-0.2, 0) is 24.1 Å². The Morgan fingerprint density at radius 3 is 2.46 bits per heavy atom. The summed E-state index contributed by atoms with van der Waals surface area (Å²) in [7, 11) is 0. The highest BCUT2D eigenvalue weighted by Gasteiger charge is 2.19. The van der Waals surface area contributed by atoms with Gasteiger partial charge in [-0.05, 0) is 42.5 Å². The first kappa shape index (κ1) is 16.1. The van der Waals surface area contributed by atoms with Gasteiger partial charge >= 0.3 is 0 Å². The number of carbonyl (C=O) groups is 1. The molecule has 1 aliphatic rings. The molecule has 5 nitrogen and oxygen atoms in total. The molecular weight excluding hydrogens is 302 g/mol. The van der Waals surface area contributed by atoms with Crippen LogP contribution in [0.15, 0.2) is 22.8 Å². The van der Waals surface area contributed by atoms with Crippen molar-refractivity contribution in [1.29, 1.82) is 10.5 Å². The maximum Gasteiger partial charge on any atom is 0.227 e. The fourth-order valence-electron chi connectivity index (χ4n) is 3.29. The molecule has 0 saturated carbocycles. The van der Waals surface area contributed by atoms with E-state index in [1.807, 2.05) is 0 Å². The van der Waals surface area contributed by atoms with Crippen molar-refractivity contribution in [1.82, 2.24) is 4.90 Å². The van der Waals surface area contributed by atoms with E-state index in [4.69, 9.17) is 14.9 Å². The molecular formula is C19H19N3O2. The van der Waals surface area contributed by atoms with Crippen molar-refractivity contribution in [2.24, 2.45) is 0 Å². The predicted molar refractivity (Wildman–Crippen MR) is 89.0 cm³/mol. The minimum absolute atomic E-state index is 0.0660. The molecule has 2 aromatic rings. The molecule has 0 radical (unpaired) electrons. The first-order valence-electron chi connectivity index (χ1n) is 8.26. The molecule has 1 amide bonds. The van der Waals surface area contributed by atoms with E-state index in [1.54, 1.807) is 11.2 Å². The van der Waals surface area contributed by atoms with E-state index >= 15 is 0 Å². The Labute approximate surface area is 141 Å². The number of amides is 1. The molecule has 1 aromatic heterocycles. The zero-order valence-electron chi connectivity index (χ0n) is 13.5. The van der Waals surface area contributed by atoms with Gasteiger partial charge in [0.25, 0.3) is 0 Å². The van der Waals surface area contributed by atoms with Crippen LogP contribution in [0.3, 0.4) is 0 Å². The fourth-order valence-corrected chi connectivity index (χ4v) is 3.29. The second-order valence-corrected chi connectivity index (χ2v) is 6.11. The Morgan fingerprint density at radius 1 is 1.12 bits per heavy atom. The first-order chi connectivity index (χ1) is 11.7. The van der Waals surface area contributed by atoms with E-state index in [2.05, 4.69) is 24.3 Å². The molecule has 1 heterocycles. The molecule has 1 aliphatic carbocycles. The van der Waals surface area contributed by atoms with Gasteiger partial charge in [0.1, 0.15) is 5.58 Å². The zero-order valence-corrected chi connectivity index (χ0v) is 13.5. The molecule has 0 aliphatic heterocycles. The van der Waals surface area contributed by atoms with E-state index in [0.29, 0.717) is 13.1 Å². The summed E-state index contributed by atoms with van der Waals surface area (Å²) in [5.74, 6) is -0.0660. The molecule has 1 aromatic carbocycles. The van der Waals surface area contributed by atoms with Gasteiger partial charge in [0.15, 0.2) is 0 Å². The Hall–Kier alpha value is -2.79. The van der Waals surface area contributed by atoms with Gasteiger partial charge in [0.2, 0.25) is 5.91 Å². The van der Waals surface area contributed by atoms with Gasteiger partial charge in [-0.25, -0.2) is 0 Å². The monoisotopic (exact) mass is 321 g/mol. The normalized spacial score (nSPS) is 12.6. The van der Waals surface area contributed by atoms with Crippen LogP contribution in [-0.4, -0.2) is 23.9 Å². The lowest BCUT2D eigenvalue weighted by atomic mass is 10.0. The number of carbonyl (C=O) groups excluding carboxylic acids is 1. The Balaban J connectivity index is 1.79. The number of furan rings is 1. The molecule has 0 fully saturated rings. The lowest BCUT2D eigenvalue weighted by Gasteiger charge is -2.20. The largest absolute Gasteiger partial charge is 0.464 e. The summed E-state index contributed by atoms with van der Waals surface area (Å²) in [5, 5.41) is 18.5. The molecule has 122 valence electrons. The Morgan fingerprint density at radius 2 is 1.79 bits per heavy atom. The molecule has 3 rings (SSSR count). The SMILES string of the molecule is N#CCCN(CCC#N)C(=O)Cc1coc2cc3c(cc12)CCC3. The molecule has 0 N–H and O–H groups in total. The van der Waals surface area contributed by atoms with Crippen molar-refractivity contribution in [3.8, 4) is 12.1 Å². The highest BCUT2D eigenvalue weighted by atomic mass is 16.3. The van der Waals surface area contributed by atoms with Crippen LogP contribution in [0.4, 0.5) is 0 Å². The molecule has 5 heteroatoms. The third-order valence-corrected chi connectivity index (χ3v) is 4.55. The number of nitrogens with zero attached hydrogens (tertiary/aromatic N) is 3. The molecule has 0 saturated heterocycles. The van der Waals surface area contributed by atoms with Gasteiger partial charge in [-0.15, -0.1) is 0 Å². The summed E-state index contributed by atoms with van der Waals surface area (Å²) in [6.45, 7) is 0.727. The third-order valence-electron chi connectivity index (χ3n) is 4.55. The number of fused-ring (bicyclic) bond motifs is 2. The number of nitriles is 2. The number of aryl methyl sites for hydroxylation is 2. The quantitative estimate of drug-likeness (QED) is 0.818. The van der Waals surface area contributed by atoms with Crippen molar-refractivity contribution >= 4 is 16.9 Å². The van der Waals surface area contributed by atoms with E-state index in [-0.39, 0.29) is 25.2 Å². The summed E-state index contributed by atoms with van der Waals surface area (Å²) >= 11 is 0. The first-order valence-corrected chi connectivity index (χ1v) is 8.26. The predicted octanol–water partition coefficient (Wildman–Crippen LogP) is 3.12. The maximum absolute atomic E-state index is 12.6. The van der Waals surface area contributed by atoms with E-state index in [1.165, 1.54) is 17.5 Å². The van der Waals surface area contributed by atoms with Crippen LogP contribution in [0.25, 0.3) is 11.0 Å². The topological polar surface area (TPSA) is 81.0 Å². The molecule has 0 unspecified atom stereocenters. The van der Waals surface area contributed by atoms with Crippen molar-refractivity contribution in [2.45, 2.75) is 38.5 Å². The van der Waals surface area contributed by atoms with Crippen molar-refractivity contribution in [2.75, 3.05) is 13.1 Å². The summed E-state index contributed by atoms with van der Waals surface area (Å²) in [6.07, 6.45) is 5.80. The van der Waals surface area contributed by atoms with Crippen LogP contribution >= 0.6 is 0 Å². The van der Waals surface area contributed by atoms with Gasteiger partial charge in [-0.1, -0.05) is 0 Å². The average Bonchev–Trinajstić information content (AvgIpc) is 3.19. The van der Waals surface area contributed by atoms with E-state index < -0.39 is 0 Å². The van der Waals surface area contributed by atoms with Crippen LogP contribution < -0.4 is 0 Å². The molecule has 0 atom stereocenters. The Kier molecular flexibility index (Phi) is 4.82. The van der Waals surface area contributed by atoms with Crippen LogP contribution in [0.1, 0.15) is 36.0 Å². The number of benzene rings is 1. The lowest BCUT2D eigenvalue weighted by molar-refractivity contribution is -0.130. The number of hydrogen-bond donors (Lipinski definition) is 0. The average molecular weight is 321 g/mol. The lowest BCUT2D eigenvalue weighted by Crippen LogP contribution is -2.33. The second-order valence-electron chi connectivity index (χ2n) is 6.11. The van der Waals surface area contributed by atoms with Gasteiger partial charge in [0.05, 0.1) is 37.7 Å². The minimum atomic E-state index is -0.0660. The van der Waals surface area contributed by atoms with Crippen LogP contribution in [0.5, 0.6) is 0 Å². The molecule has 0 spiro atoms. The summed E-state index contributed by atoms with van der Waals surface area (Å²) in [4.78, 5) is 14.2. The smallest absolute Gasteiger partial charge is 0.227 e. The summed E-state index contributed by atoms with van der Waals surface area (Å²) in [5.41, 5.74) is 4.41. The number of hydrogen-bond acceptors (Lipinski definition) is 4. The maximum atomic E-state index is 12.6. The fraction of sp³-hybridized carbons (Fsp3) is 0.421.